The van der Waals surface area contributed by atoms with Crippen LogP contribution < -0.4 is 4.90 Å². The van der Waals surface area contributed by atoms with Gasteiger partial charge in [-0.25, -0.2) is 0 Å². The second-order valence-corrected chi connectivity index (χ2v) is 3.80. The summed E-state index contributed by atoms with van der Waals surface area (Å²) in [5, 5.41) is 0. The summed E-state index contributed by atoms with van der Waals surface area (Å²) in [4.78, 5) is 2.28. The Balaban J connectivity index is 2.72. The number of halogens is 1. The molecular weight excluding hydrogens is 194 g/mol. The third-order valence-electron chi connectivity index (χ3n) is 2.39. The van der Waals surface area contributed by atoms with E-state index in [0.29, 0.717) is 5.88 Å². The average molecular weight is 212 g/mol. The molecule has 0 spiro atoms. The van der Waals surface area contributed by atoms with Crippen LogP contribution in [0.3, 0.4) is 0 Å². The third-order valence-corrected chi connectivity index (χ3v) is 2.68. The number of hydrogen-bond acceptors (Lipinski definition) is 1. The molecular formula is C12H18ClN. The minimum Gasteiger partial charge on any atom is -0.374 e. The molecule has 0 atom stereocenters. The lowest BCUT2D eigenvalue weighted by molar-refractivity contribution is 0.765. The van der Waals surface area contributed by atoms with Crippen molar-refractivity contribution < 1.29 is 0 Å². The molecule has 0 saturated heterocycles. The third kappa shape index (κ3) is 2.91. The van der Waals surface area contributed by atoms with E-state index in [4.69, 9.17) is 11.6 Å². The van der Waals surface area contributed by atoms with Gasteiger partial charge in [0.05, 0.1) is 0 Å². The van der Waals surface area contributed by atoms with Crippen LogP contribution in [0.25, 0.3) is 0 Å². The highest BCUT2D eigenvalue weighted by Gasteiger charge is 2.04. The van der Waals surface area contributed by atoms with Crippen LogP contribution in [0, 0.1) is 0 Å². The Morgan fingerprint density at radius 3 is 2.64 bits per heavy atom. The fourth-order valence-electron chi connectivity index (χ4n) is 1.51. The Bertz CT molecular complexity index is 273. The normalized spacial score (nSPS) is 10.2. The first-order chi connectivity index (χ1) is 6.79. The van der Waals surface area contributed by atoms with E-state index in [1.165, 1.54) is 24.1 Å². The highest BCUT2D eigenvalue weighted by Crippen LogP contribution is 2.20. The van der Waals surface area contributed by atoms with Crippen LogP contribution in [0.1, 0.15) is 25.3 Å². The van der Waals surface area contributed by atoms with Gasteiger partial charge in [-0.05, 0) is 18.1 Å². The first-order valence-corrected chi connectivity index (χ1v) is 5.68. The van der Waals surface area contributed by atoms with E-state index in [1.54, 1.807) is 0 Å². The predicted molar refractivity (Wildman–Crippen MR) is 64.2 cm³/mol. The van der Waals surface area contributed by atoms with Crippen LogP contribution in [-0.4, -0.2) is 13.6 Å². The maximum atomic E-state index is 5.88. The van der Waals surface area contributed by atoms with Gasteiger partial charge in [0.1, 0.15) is 0 Å². The topological polar surface area (TPSA) is 3.24 Å². The molecule has 0 bridgehead atoms. The Hall–Kier alpha value is -0.690. The molecule has 14 heavy (non-hydrogen) atoms. The van der Waals surface area contributed by atoms with Gasteiger partial charge in [0, 0.05) is 25.2 Å². The van der Waals surface area contributed by atoms with Crippen molar-refractivity contribution in [1.82, 2.24) is 0 Å². The number of hydrogen-bond donors (Lipinski definition) is 0. The minimum absolute atomic E-state index is 0.590. The minimum atomic E-state index is 0.590. The van der Waals surface area contributed by atoms with Crippen molar-refractivity contribution >= 4 is 17.3 Å². The summed E-state index contributed by atoms with van der Waals surface area (Å²) in [6.07, 6.45) is 2.46. The summed E-state index contributed by atoms with van der Waals surface area (Å²) in [5.74, 6) is 0.590. The lowest BCUT2D eigenvalue weighted by atomic mass is 10.2. The van der Waals surface area contributed by atoms with Crippen LogP contribution >= 0.6 is 11.6 Å². The molecule has 0 saturated carbocycles. The average Bonchev–Trinajstić information content (AvgIpc) is 2.25. The maximum Gasteiger partial charge on any atom is 0.0494 e. The van der Waals surface area contributed by atoms with E-state index in [0.717, 1.165) is 6.54 Å². The first kappa shape index (κ1) is 11.4. The van der Waals surface area contributed by atoms with Gasteiger partial charge < -0.3 is 4.90 Å². The molecule has 0 aliphatic rings. The van der Waals surface area contributed by atoms with Gasteiger partial charge in [0.15, 0.2) is 0 Å². The molecule has 0 heterocycles. The van der Waals surface area contributed by atoms with Crippen molar-refractivity contribution in [3.8, 4) is 0 Å². The lowest BCUT2D eigenvalue weighted by Gasteiger charge is -2.21. The smallest absolute Gasteiger partial charge is 0.0494 e. The second-order valence-electron chi connectivity index (χ2n) is 3.54. The lowest BCUT2D eigenvalue weighted by Crippen LogP contribution is -2.19. The summed E-state index contributed by atoms with van der Waals surface area (Å²) in [7, 11) is 2.13. The zero-order chi connectivity index (χ0) is 10.4. The van der Waals surface area contributed by atoms with Crippen molar-refractivity contribution in [3.05, 3.63) is 29.8 Å². The van der Waals surface area contributed by atoms with E-state index in [9.17, 15) is 0 Å². The molecule has 2 heteroatoms. The molecule has 0 unspecified atom stereocenters. The second kappa shape index (κ2) is 5.92. The zero-order valence-corrected chi connectivity index (χ0v) is 9.72. The molecule has 0 aromatic heterocycles. The molecule has 78 valence electrons. The summed E-state index contributed by atoms with van der Waals surface area (Å²) < 4.78 is 0. The number of unbranched alkanes of at least 4 members (excludes halogenated alkanes) is 1. The molecule has 0 N–H and O–H groups in total. The summed E-state index contributed by atoms with van der Waals surface area (Å²) in [5.41, 5.74) is 2.48. The highest BCUT2D eigenvalue weighted by atomic mass is 35.5. The van der Waals surface area contributed by atoms with Crippen molar-refractivity contribution in [2.24, 2.45) is 0 Å². The van der Waals surface area contributed by atoms with E-state index < -0.39 is 0 Å². The molecule has 0 amide bonds. The van der Waals surface area contributed by atoms with Crippen LogP contribution in [0.15, 0.2) is 24.3 Å². The van der Waals surface area contributed by atoms with Crippen LogP contribution in [0.4, 0.5) is 5.69 Å². The summed E-state index contributed by atoms with van der Waals surface area (Å²) in [6.45, 7) is 3.31. The maximum absolute atomic E-state index is 5.88. The van der Waals surface area contributed by atoms with E-state index in [-0.39, 0.29) is 0 Å². The number of anilines is 1. The van der Waals surface area contributed by atoms with Gasteiger partial charge in [0.25, 0.3) is 0 Å². The fraction of sp³-hybridized carbons (Fsp3) is 0.500. The Morgan fingerprint density at radius 1 is 1.29 bits per heavy atom. The highest BCUT2D eigenvalue weighted by molar-refractivity contribution is 6.17. The van der Waals surface area contributed by atoms with Crippen molar-refractivity contribution in [2.45, 2.75) is 25.6 Å². The van der Waals surface area contributed by atoms with Crippen LogP contribution in [0.2, 0.25) is 0 Å². The van der Waals surface area contributed by atoms with Crippen molar-refractivity contribution in [1.29, 1.82) is 0 Å². The van der Waals surface area contributed by atoms with Crippen molar-refractivity contribution in [3.63, 3.8) is 0 Å². The summed E-state index contributed by atoms with van der Waals surface area (Å²) in [6, 6.07) is 8.32. The van der Waals surface area contributed by atoms with Crippen LogP contribution in [-0.2, 0) is 5.88 Å². The standard InChI is InChI=1S/C12H18ClN/c1-3-4-9-14(2)12-8-6-5-7-11(12)10-13/h5-8H,3-4,9-10H2,1-2H3. The molecule has 0 aliphatic carbocycles. The molecule has 0 fully saturated rings. The van der Waals surface area contributed by atoms with Gasteiger partial charge >= 0.3 is 0 Å². The number of nitrogens with zero attached hydrogens (tertiary/aromatic N) is 1. The van der Waals surface area contributed by atoms with Gasteiger partial charge in [-0.1, -0.05) is 31.5 Å². The quantitative estimate of drug-likeness (QED) is 0.672. The van der Waals surface area contributed by atoms with E-state index in [2.05, 4.69) is 37.1 Å². The van der Waals surface area contributed by atoms with Crippen molar-refractivity contribution in [2.75, 3.05) is 18.5 Å². The monoisotopic (exact) mass is 211 g/mol. The van der Waals surface area contributed by atoms with Gasteiger partial charge in [-0.2, -0.15) is 0 Å². The number of benzene rings is 1. The molecule has 1 aromatic rings. The Morgan fingerprint density at radius 2 is 2.00 bits per heavy atom. The Labute approximate surface area is 91.7 Å². The molecule has 0 aliphatic heterocycles. The fourth-order valence-corrected chi connectivity index (χ4v) is 1.74. The van der Waals surface area contributed by atoms with E-state index in [1.807, 2.05) is 6.07 Å². The molecule has 0 radical (unpaired) electrons. The Kier molecular flexibility index (Phi) is 4.81. The molecule has 1 aromatic carbocycles. The van der Waals surface area contributed by atoms with Gasteiger partial charge in [0.2, 0.25) is 0 Å². The summed E-state index contributed by atoms with van der Waals surface area (Å²) >= 11 is 5.88. The number of para-hydroxylation sites is 1. The molecule has 1 rings (SSSR count). The van der Waals surface area contributed by atoms with E-state index >= 15 is 0 Å². The zero-order valence-electron chi connectivity index (χ0n) is 8.96. The first-order valence-electron chi connectivity index (χ1n) is 5.14. The number of rotatable bonds is 5. The molecule has 1 nitrogen and oxygen atoms in total. The SMILES string of the molecule is CCCCN(C)c1ccccc1CCl. The largest absolute Gasteiger partial charge is 0.374 e. The van der Waals surface area contributed by atoms with Gasteiger partial charge in [-0.15, -0.1) is 11.6 Å². The van der Waals surface area contributed by atoms with Crippen LogP contribution in [0.5, 0.6) is 0 Å². The predicted octanol–water partition coefficient (Wildman–Crippen LogP) is 3.66. The van der Waals surface area contributed by atoms with Gasteiger partial charge in [-0.3, -0.25) is 0 Å². The number of alkyl halides is 1.